The lowest BCUT2D eigenvalue weighted by Crippen LogP contribution is -2.39. The summed E-state index contributed by atoms with van der Waals surface area (Å²) < 4.78 is 0. The van der Waals surface area contributed by atoms with Crippen LogP contribution in [-0.2, 0) is 0 Å². The third-order valence-electron chi connectivity index (χ3n) is 2.96. The lowest BCUT2D eigenvalue weighted by Gasteiger charge is -2.14. The van der Waals surface area contributed by atoms with Gasteiger partial charge in [-0.15, -0.1) is 0 Å². The maximum atomic E-state index is 11.4. The molecular weight excluding hydrogens is 214 g/mol. The van der Waals surface area contributed by atoms with E-state index in [1.807, 2.05) is 19.0 Å². The quantitative estimate of drug-likeness (QED) is 0.693. The molecule has 0 fully saturated rings. The minimum atomic E-state index is -0.0525. The zero-order valence-corrected chi connectivity index (χ0v) is 11.1. The first-order valence-electron chi connectivity index (χ1n) is 6.53. The van der Waals surface area contributed by atoms with E-state index in [2.05, 4.69) is 16.7 Å². The van der Waals surface area contributed by atoms with Crippen molar-refractivity contribution in [1.29, 1.82) is 0 Å². The average Bonchev–Trinajstić information content (AvgIpc) is 2.30. The van der Waals surface area contributed by atoms with Gasteiger partial charge in [0.1, 0.15) is 0 Å². The molecule has 1 aliphatic rings. The standard InChI is InChI=1S/C13H25N3O/c1-16(2)11-10-15-13(17)14-9-8-12-6-4-3-5-7-12/h6H,3-5,7-11H2,1-2H3,(H2,14,15,17). The van der Waals surface area contributed by atoms with Crippen LogP contribution in [0.15, 0.2) is 11.6 Å². The van der Waals surface area contributed by atoms with Crippen LogP contribution in [0.5, 0.6) is 0 Å². The fourth-order valence-electron chi connectivity index (χ4n) is 1.92. The Morgan fingerprint density at radius 2 is 2.06 bits per heavy atom. The SMILES string of the molecule is CN(C)CCNC(=O)NCCC1=CCCCC1. The first-order valence-corrected chi connectivity index (χ1v) is 6.53. The van der Waals surface area contributed by atoms with E-state index in [-0.39, 0.29) is 6.03 Å². The van der Waals surface area contributed by atoms with E-state index in [0.717, 1.165) is 19.5 Å². The molecule has 0 atom stereocenters. The minimum Gasteiger partial charge on any atom is -0.338 e. The van der Waals surface area contributed by atoms with Crippen molar-refractivity contribution in [2.24, 2.45) is 0 Å². The molecule has 4 nitrogen and oxygen atoms in total. The largest absolute Gasteiger partial charge is 0.338 e. The van der Waals surface area contributed by atoms with Crippen molar-refractivity contribution >= 4 is 6.03 Å². The van der Waals surface area contributed by atoms with E-state index in [1.165, 1.54) is 31.3 Å². The van der Waals surface area contributed by atoms with Gasteiger partial charge in [-0.2, -0.15) is 0 Å². The Labute approximate surface area is 104 Å². The molecule has 0 aliphatic heterocycles. The second-order valence-electron chi connectivity index (χ2n) is 4.84. The third-order valence-corrected chi connectivity index (χ3v) is 2.96. The van der Waals surface area contributed by atoms with Crippen LogP contribution in [0.25, 0.3) is 0 Å². The van der Waals surface area contributed by atoms with Gasteiger partial charge in [0.15, 0.2) is 0 Å². The third kappa shape index (κ3) is 7.00. The van der Waals surface area contributed by atoms with E-state index in [0.29, 0.717) is 6.54 Å². The van der Waals surface area contributed by atoms with Crippen LogP contribution in [0.3, 0.4) is 0 Å². The summed E-state index contributed by atoms with van der Waals surface area (Å²) in [4.78, 5) is 13.5. The van der Waals surface area contributed by atoms with Crippen LogP contribution in [0.4, 0.5) is 4.79 Å². The van der Waals surface area contributed by atoms with E-state index < -0.39 is 0 Å². The zero-order valence-electron chi connectivity index (χ0n) is 11.1. The van der Waals surface area contributed by atoms with Crippen molar-refractivity contribution in [3.05, 3.63) is 11.6 Å². The van der Waals surface area contributed by atoms with E-state index in [1.54, 1.807) is 0 Å². The van der Waals surface area contributed by atoms with Crippen LogP contribution in [-0.4, -0.2) is 44.7 Å². The normalized spacial score (nSPS) is 15.6. The molecule has 0 spiro atoms. The summed E-state index contributed by atoms with van der Waals surface area (Å²) in [6.45, 7) is 2.32. The molecule has 0 aromatic heterocycles. The first-order chi connectivity index (χ1) is 8.18. The van der Waals surface area contributed by atoms with Crippen LogP contribution in [0.1, 0.15) is 32.1 Å². The van der Waals surface area contributed by atoms with Crippen molar-refractivity contribution in [3.8, 4) is 0 Å². The Hall–Kier alpha value is -1.03. The first kappa shape index (κ1) is 14.0. The Balaban J connectivity index is 2.01. The zero-order chi connectivity index (χ0) is 12.5. The molecule has 0 heterocycles. The number of amides is 2. The van der Waals surface area contributed by atoms with Crippen LogP contribution in [0, 0.1) is 0 Å². The van der Waals surface area contributed by atoms with Crippen LogP contribution in [0.2, 0.25) is 0 Å². The maximum absolute atomic E-state index is 11.4. The van der Waals surface area contributed by atoms with Gasteiger partial charge in [0.05, 0.1) is 0 Å². The molecule has 0 aromatic rings. The van der Waals surface area contributed by atoms with Gasteiger partial charge < -0.3 is 15.5 Å². The molecule has 4 heteroatoms. The number of urea groups is 1. The summed E-state index contributed by atoms with van der Waals surface area (Å²) >= 11 is 0. The van der Waals surface area contributed by atoms with Gasteiger partial charge >= 0.3 is 6.03 Å². The molecule has 0 saturated heterocycles. The molecule has 2 N–H and O–H groups in total. The van der Waals surface area contributed by atoms with Crippen molar-refractivity contribution in [1.82, 2.24) is 15.5 Å². The highest BCUT2D eigenvalue weighted by atomic mass is 16.2. The summed E-state index contributed by atoms with van der Waals surface area (Å²) in [6, 6.07) is -0.0525. The van der Waals surface area contributed by atoms with Gasteiger partial charge in [-0.25, -0.2) is 4.79 Å². The smallest absolute Gasteiger partial charge is 0.314 e. The predicted molar refractivity (Wildman–Crippen MR) is 71.1 cm³/mol. The fourth-order valence-corrected chi connectivity index (χ4v) is 1.92. The number of carbonyl (C=O) groups is 1. The van der Waals surface area contributed by atoms with E-state index >= 15 is 0 Å². The summed E-state index contributed by atoms with van der Waals surface area (Å²) in [5.41, 5.74) is 1.50. The van der Waals surface area contributed by atoms with Gasteiger partial charge in [0.25, 0.3) is 0 Å². The molecule has 0 unspecified atom stereocenters. The number of hydrogen-bond donors (Lipinski definition) is 2. The van der Waals surface area contributed by atoms with Gasteiger partial charge in [-0.3, -0.25) is 0 Å². The number of nitrogens with zero attached hydrogens (tertiary/aromatic N) is 1. The molecule has 0 bridgehead atoms. The van der Waals surface area contributed by atoms with Crippen LogP contribution < -0.4 is 10.6 Å². The van der Waals surface area contributed by atoms with Crippen molar-refractivity contribution in [3.63, 3.8) is 0 Å². The Kier molecular flexibility index (Phi) is 6.70. The van der Waals surface area contributed by atoms with E-state index in [9.17, 15) is 4.79 Å². The number of nitrogens with one attached hydrogen (secondary N) is 2. The highest BCUT2D eigenvalue weighted by Gasteiger charge is 2.04. The lowest BCUT2D eigenvalue weighted by atomic mass is 9.97. The van der Waals surface area contributed by atoms with E-state index in [4.69, 9.17) is 0 Å². The molecule has 98 valence electrons. The summed E-state index contributed by atoms with van der Waals surface area (Å²) in [5, 5.41) is 5.73. The number of likely N-dealkylation sites (N-methyl/N-ethyl adjacent to an activating group) is 1. The fraction of sp³-hybridized carbons (Fsp3) is 0.769. The Morgan fingerprint density at radius 3 is 2.71 bits per heavy atom. The van der Waals surface area contributed by atoms with Gasteiger partial charge in [-0.1, -0.05) is 11.6 Å². The molecule has 0 radical (unpaired) electrons. The molecule has 17 heavy (non-hydrogen) atoms. The number of allylic oxidation sites excluding steroid dienone is 1. The summed E-state index contributed by atoms with van der Waals surface area (Å²) in [7, 11) is 3.99. The summed E-state index contributed by atoms with van der Waals surface area (Å²) in [5.74, 6) is 0. The molecule has 1 rings (SSSR count). The van der Waals surface area contributed by atoms with Gasteiger partial charge in [-0.05, 0) is 46.2 Å². The average molecular weight is 239 g/mol. The highest BCUT2D eigenvalue weighted by molar-refractivity contribution is 5.73. The Morgan fingerprint density at radius 1 is 1.29 bits per heavy atom. The summed E-state index contributed by atoms with van der Waals surface area (Å²) in [6.07, 6.45) is 8.38. The minimum absolute atomic E-state index is 0.0525. The molecule has 1 aliphatic carbocycles. The Bertz CT molecular complexity index is 261. The monoisotopic (exact) mass is 239 g/mol. The molecule has 2 amide bonds. The lowest BCUT2D eigenvalue weighted by molar-refractivity contribution is 0.239. The maximum Gasteiger partial charge on any atom is 0.314 e. The number of rotatable bonds is 6. The topological polar surface area (TPSA) is 44.4 Å². The van der Waals surface area contributed by atoms with Crippen molar-refractivity contribution in [2.45, 2.75) is 32.1 Å². The predicted octanol–water partition coefficient (Wildman–Crippen LogP) is 1.74. The molecule has 0 saturated carbocycles. The van der Waals surface area contributed by atoms with Crippen molar-refractivity contribution in [2.75, 3.05) is 33.7 Å². The number of carbonyl (C=O) groups excluding carboxylic acids is 1. The second kappa shape index (κ2) is 8.12. The van der Waals surface area contributed by atoms with Crippen LogP contribution >= 0.6 is 0 Å². The second-order valence-corrected chi connectivity index (χ2v) is 4.84. The molecular formula is C13H25N3O. The van der Waals surface area contributed by atoms with Crippen molar-refractivity contribution < 1.29 is 4.79 Å². The highest BCUT2D eigenvalue weighted by Crippen LogP contribution is 2.19. The van der Waals surface area contributed by atoms with Gasteiger partial charge in [0.2, 0.25) is 0 Å². The molecule has 0 aromatic carbocycles. The number of hydrogen-bond acceptors (Lipinski definition) is 2. The van der Waals surface area contributed by atoms with Gasteiger partial charge in [0, 0.05) is 19.6 Å².